The number of ether oxygens (including phenoxy) is 1. The van der Waals surface area contributed by atoms with Crippen LogP contribution in [0.2, 0.25) is 5.02 Å². The lowest BCUT2D eigenvalue weighted by Gasteiger charge is -2.13. The number of hydrogen-bond donors (Lipinski definition) is 1. The largest absolute Gasteiger partial charge is 0.467 e. The minimum absolute atomic E-state index is 0.0989. The van der Waals surface area contributed by atoms with Crippen LogP contribution in [0.4, 0.5) is 23.2 Å². The van der Waals surface area contributed by atoms with Crippen molar-refractivity contribution in [2.75, 3.05) is 11.9 Å². The molecule has 1 N–H and O–H groups in total. The summed E-state index contributed by atoms with van der Waals surface area (Å²) in [5.74, 6) is -1.67. The van der Waals surface area contributed by atoms with Crippen molar-refractivity contribution in [1.29, 1.82) is 0 Å². The Morgan fingerprint density at radius 3 is 2.59 bits per heavy atom. The SMILES string of the molecule is Cc1c(Cl)cccc1-n1nc(C)c2c(C(F)(F)F)cc(OCC(=O)Nc3cccc(F)c3)nc21. The number of alkyl halides is 3. The number of benzene rings is 2. The van der Waals surface area contributed by atoms with Gasteiger partial charge in [0.15, 0.2) is 12.3 Å². The van der Waals surface area contributed by atoms with Gasteiger partial charge in [-0.3, -0.25) is 4.79 Å². The van der Waals surface area contributed by atoms with Gasteiger partial charge in [0.1, 0.15) is 5.82 Å². The van der Waals surface area contributed by atoms with Crippen molar-refractivity contribution < 1.29 is 27.1 Å². The van der Waals surface area contributed by atoms with E-state index in [-0.39, 0.29) is 22.4 Å². The van der Waals surface area contributed by atoms with Crippen molar-refractivity contribution in [3.05, 3.63) is 76.2 Å². The lowest BCUT2D eigenvalue weighted by atomic mass is 10.1. The van der Waals surface area contributed by atoms with Crippen LogP contribution in [-0.4, -0.2) is 27.3 Å². The Labute approximate surface area is 196 Å². The smallest absolute Gasteiger partial charge is 0.417 e. The van der Waals surface area contributed by atoms with Gasteiger partial charge >= 0.3 is 6.18 Å². The topological polar surface area (TPSA) is 69.0 Å². The van der Waals surface area contributed by atoms with E-state index in [4.69, 9.17) is 16.3 Å². The molecular formula is C23H17ClF4N4O2. The maximum Gasteiger partial charge on any atom is 0.417 e. The molecule has 0 saturated carbocycles. The van der Waals surface area contributed by atoms with Crippen LogP contribution in [0.15, 0.2) is 48.5 Å². The third kappa shape index (κ3) is 4.67. The average Bonchev–Trinajstić information content (AvgIpc) is 3.09. The van der Waals surface area contributed by atoms with Gasteiger partial charge in [0, 0.05) is 16.8 Å². The van der Waals surface area contributed by atoms with Crippen LogP contribution in [0.1, 0.15) is 16.8 Å². The molecule has 11 heteroatoms. The number of aryl methyl sites for hydroxylation is 1. The summed E-state index contributed by atoms with van der Waals surface area (Å²) in [6, 6.07) is 10.8. The second kappa shape index (κ2) is 8.94. The van der Waals surface area contributed by atoms with Gasteiger partial charge < -0.3 is 10.1 Å². The van der Waals surface area contributed by atoms with Crippen molar-refractivity contribution in [2.24, 2.45) is 0 Å². The maximum absolute atomic E-state index is 13.9. The Balaban J connectivity index is 1.73. The number of nitrogens with one attached hydrogen (secondary N) is 1. The predicted molar refractivity (Wildman–Crippen MR) is 119 cm³/mol. The summed E-state index contributed by atoms with van der Waals surface area (Å²) >= 11 is 6.18. The van der Waals surface area contributed by atoms with Gasteiger partial charge in [-0.15, -0.1) is 0 Å². The Morgan fingerprint density at radius 2 is 1.88 bits per heavy atom. The molecule has 2 aromatic carbocycles. The first-order valence-corrected chi connectivity index (χ1v) is 10.3. The molecule has 0 fully saturated rings. The third-order valence-electron chi connectivity index (χ3n) is 5.02. The molecule has 0 unspecified atom stereocenters. The molecule has 0 bridgehead atoms. The van der Waals surface area contributed by atoms with E-state index >= 15 is 0 Å². The highest BCUT2D eigenvalue weighted by molar-refractivity contribution is 6.31. The minimum atomic E-state index is -4.73. The highest BCUT2D eigenvalue weighted by Crippen LogP contribution is 2.38. The minimum Gasteiger partial charge on any atom is -0.467 e. The summed E-state index contributed by atoms with van der Waals surface area (Å²) in [7, 11) is 0. The second-order valence-corrected chi connectivity index (χ2v) is 7.84. The molecule has 0 aliphatic carbocycles. The molecule has 0 aliphatic heterocycles. The molecule has 6 nitrogen and oxygen atoms in total. The third-order valence-corrected chi connectivity index (χ3v) is 5.43. The lowest BCUT2D eigenvalue weighted by Crippen LogP contribution is -2.21. The number of pyridine rings is 1. The zero-order valence-electron chi connectivity index (χ0n) is 17.9. The van der Waals surface area contributed by atoms with Gasteiger partial charge in [-0.05, 0) is 49.7 Å². The summed E-state index contributed by atoms with van der Waals surface area (Å²) in [5, 5.41) is 6.89. The number of aromatic nitrogens is 3. The number of rotatable bonds is 5. The zero-order chi connectivity index (χ0) is 24.6. The molecule has 4 aromatic rings. The van der Waals surface area contributed by atoms with Gasteiger partial charge in [0.05, 0.1) is 22.3 Å². The number of halogens is 5. The quantitative estimate of drug-likeness (QED) is 0.354. The van der Waals surface area contributed by atoms with Crippen molar-refractivity contribution >= 4 is 34.2 Å². The fourth-order valence-corrected chi connectivity index (χ4v) is 3.63. The Morgan fingerprint density at radius 1 is 1.15 bits per heavy atom. The molecule has 0 saturated heterocycles. The molecule has 0 radical (unpaired) electrons. The molecule has 0 atom stereocenters. The van der Waals surface area contributed by atoms with Crippen molar-refractivity contribution in [2.45, 2.75) is 20.0 Å². The Hall–Kier alpha value is -3.66. The monoisotopic (exact) mass is 492 g/mol. The normalized spacial score (nSPS) is 11.6. The number of hydrogen-bond acceptors (Lipinski definition) is 4. The Bertz CT molecular complexity index is 1400. The molecule has 4 rings (SSSR count). The van der Waals surface area contributed by atoms with Crippen LogP contribution < -0.4 is 10.1 Å². The van der Waals surface area contributed by atoms with E-state index in [0.29, 0.717) is 16.3 Å². The first kappa shape index (κ1) is 23.5. The van der Waals surface area contributed by atoms with E-state index in [1.54, 1.807) is 25.1 Å². The van der Waals surface area contributed by atoms with Crippen LogP contribution in [-0.2, 0) is 11.0 Å². The van der Waals surface area contributed by atoms with Crippen molar-refractivity contribution in [3.63, 3.8) is 0 Å². The fraction of sp³-hybridized carbons (Fsp3) is 0.174. The number of amides is 1. The Kier molecular flexibility index (Phi) is 6.18. The molecule has 0 aliphatic rings. The summed E-state index contributed by atoms with van der Waals surface area (Å²) in [6.45, 7) is 2.51. The predicted octanol–water partition coefficient (Wildman–Crippen LogP) is 5.87. The number of anilines is 1. The molecule has 1 amide bonds. The van der Waals surface area contributed by atoms with Crippen LogP contribution in [0.25, 0.3) is 16.7 Å². The number of carbonyl (C=O) groups excluding carboxylic acids is 1. The van der Waals surface area contributed by atoms with Crippen LogP contribution >= 0.6 is 11.6 Å². The van der Waals surface area contributed by atoms with Gasteiger partial charge in [-0.1, -0.05) is 23.7 Å². The number of carbonyl (C=O) groups is 1. The average molecular weight is 493 g/mol. The number of fused-ring (bicyclic) bond motifs is 1. The van der Waals surface area contributed by atoms with Gasteiger partial charge in [-0.25, -0.2) is 9.07 Å². The van der Waals surface area contributed by atoms with E-state index in [0.717, 1.165) is 12.1 Å². The van der Waals surface area contributed by atoms with E-state index in [1.807, 2.05) is 0 Å². The molecule has 0 spiro atoms. The summed E-state index contributed by atoms with van der Waals surface area (Å²) < 4.78 is 61.5. The highest BCUT2D eigenvalue weighted by atomic mass is 35.5. The summed E-state index contributed by atoms with van der Waals surface area (Å²) in [5.41, 5.74) is 0.249. The van der Waals surface area contributed by atoms with Gasteiger partial charge in [0.25, 0.3) is 5.91 Å². The standard InChI is InChI=1S/C23H17ClF4N4O2/c1-12-17(24)7-4-8-18(12)32-22-21(13(2)31-32)16(23(26,27)28)10-20(30-22)34-11-19(33)29-15-6-3-5-14(25)9-15/h3-10H,11H2,1-2H3,(H,29,33). The van der Waals surface area contributed by atoms with Crippen LogP contribution in [0.3, 0.4) is 0 Å². The summed E-state index contributed by atoms with van der Waals surface area (Å²) in [6.07, 6.45) is -4.73. The van der Waals surface area contributed by atoms with E-state index in [9.17, 15) is 22.4 Å². The van der Waals surface area contributed by atoms with Crippen molar-refractivity contribution in [1.82, 2.24) is 14.8 Å². The van der Waals surface area contributed by atoms with E-state index in [2.05, 4.69) is 15.4 Å². The van der Waals surface area contributed by atoms with Crippen LogP contribution in [0.5, 0.6) is 5.88 Å². The highest BCUT2D eigenvalue weighted by Gasteiger charge is 2.36. The van der Waals surface area contributed by atoms with E-state index in [1.165, 1.54) is 29.8 Å². The van der Waals surface area contributed by atoms with E-state index < -0.39 is 36.0 Å². The zero-order valence-corrected chi connectivity index (χ0v) is 18.6. The van der Waals surface area contributed by atoms with Crippen molar-refractivity contribution in [3.8, 4) is 11.6 Å². The number of nitrogens with zero attached hydrogens (tertiary/aromatic N) is 3. The van der Waals surface area contributed by atoms with Crippen LogP contribution in [0, 0.1) is 19.7 Å². The second-order valence-electron chi connectivity index (χ2n) is 7.43. The molecule has 2 aromatic heterocycles. The molecule has 176 valence electrons. The lowest BCUT2D eigenvalue weighted by molar-refractivity contribution is -0.136. The van der Waals surface area contributed by atoms with Gasteiger partial charge in [0.2, 0.25) is 5.88 Å². The molecule has 34 heavy (non-hydrogen) atoms. The maximum atomic E-state index is 13.9. The molecular weight excluding hydrogens is 476 g/mol. The summed E-state index contributed by atoms with van der Waals surface area (Å²) in [4.78, 5) is 16.4. The fourth-order valence-electron chi connectivity index (χ4n) is 3.46. The van der Waals surface area contributed by atoms with Gasteiger partial charge in [-0.2, -0.15) is 23.3 Å². The first-order valence-electron chi connectivity index (χ1n) is 9.96. The first-order chi connectivity index (χ1) is 16.0. The molecule has 2 heterocycles.